The minimum absolute atomic E-state index is 0.396. The van der Waals surface area contributed by atoms with E-state index < -0.39 is 5.60 Å². The molecule has 0 spiro atoms. The maximum atomic E-state index is 9.86. The standard InChI is InChI=1S/C14H17NO3S/c1-14(2,16)12-8-15-13(19-12)9-18-11-6-4-10(17-3)5-7-11/h4-8,16H,9H2,1-3H3. The molecule has 102 valence electrons. The zero-order valence-electron chi connectivity index (χ0n) is 11.2. The Hall–Kier alpha value is -1.59. The van der Waals surface area contributed by atoms with Gasteiger partial charge in [-0.3, -0.25) is 0 Å². The third-order valence-electron chi connectivity index (χ3n) is 2.58. The van der Waals surface area contributed by atoms with Gasteiger partial charge in [-0.25, -0.2) is 4.98 Å². The quantitative estimate of drug-likeness (QED) is 0.914. The van der Waals surface area contributed by atoms with Gasteiger partial charge in [-0.2, -0.15) is 0 Å². The Bertz CT molecular complexity index is 528. The molecule has 0 aliphatic heterocycles. The molecule has 2 aromatic rings. The Morgan fingerprint density at radius 2 is 1.84 bits per heavy atom. The monoisotopic (exact) mass is 279 g/mol. The van der Waals surface area contributed by atoms with E-state index in [0.717, 1.165) is 21.4 Å². The van der Waals surface area contributed by atoms with Gasteiger partial charge in [0.25, 0.3) is 0 Å². The van der Waals surface area contributed by atoms with Crippen LogP contribution in [-0.2, 0) is 12.2 Å². The number of ether oxygens (including phenoxy) is 2. The van der Waals surface area contributed by atoms with E-state index in [2.05, 4.69) is 4.98 Å². The summed E-state index contributed by atoms with van der Waals surface area (Å²) in [6, 6.07) is 7.39. The topological polar surface area (TPSA) is 51.6 Å². The van der Waals surface area contributed by atoms with Crippen LogP contribution in [0.2, 0.25) is 0 Å². The second kappa shape index (κ2) is 5.59. The van der Waals surface area contributed by atoms with Crippen LogP contribution < -0.4 is 9.47 Å². The van der Waals surface area contributed by atoms with E-state index in [1.165, 1.54) is 11.3 Å². The minimum atomic E-state index is -0.851. The molecule has 0 aliphatic carbocycles. The number of aromatic nitrogens is 1. The lowest BCUT2D eigenvalue weighted by Gasteiger charge is -2.13. The summed E-state index contributed by atoms with van der Waals surface area (Å²) in [7, 11) is 1.63. The lowest BCUT2D eigenvalue weighted by atomic mass is 10.1. The highest BCUT2D eigenvalue weighted by molar-refractivity contribution is 7.11. The largest absolute Gasteiger partial charge is 0.497 e. The Labute approximate surface area is 116 Å². The third kappa shape index (κ3) is 3.68. The van der Waals surface area contributed by atoms with E-state index >= 15 is 0 Å². The Balaban J connectivity index is 1.96. The Kier molecular flexibility index (Phi) is 4.07. The van der Waals surface area contributed by atoms with Crippen LogP contribution in [0.4, 0.5) is 0 Å². The number of hydrogen-bond donors (Lipinski definition) is 1. The molecule has 0 radical (unpaired) electrons. The molecule has 0 bridgehead atoms. The van der Waals surface area contributed by atoms with Crippen LogP contribution in [0, 0.1) is 0 Å². The van der Waals surface area contributed by atoms with Crippen LogP contribution >= 0.6 is 11.3 Å². The number of nitrogens with zero attached hydrogens (tertiary/aromatic N) is 1. The summed E-state index contributed by atoms with van der Waals surface area (Å²) in [5, 5.41) is 10.7. The molecule has 0 amide bonds. The average molecular weight is 279 g/mol. The summed E-state index contributed by atoms with van der Waals surface area (Å²) in [6.07, 6.45) is 1.69. The van der Waals surface area contributed by atoms with Crippen molar-refractivity contribution in [1.29, 1.82) is 0 Å². The molecular weight excluding hydrogens is 262 g/mol. The van der Waals surface area contributed by atoms with Crippen LogP contribution in [0.25, 0.3) is 0 Å². The van der Waals surface area contributed by atoms with Crippen molar-refractivity contribution in [2.75, 3.05) is 7.11 Å². The molecule has 1 heterocycles. The summed E-state index contributed by atoms with van der Waals surface area (Å²) >= 11 is 1.46. The molecule has 0 aliphatic rings. The normalized spacial score (nSPS) is 11.4. The second-order valence-electron chi connectivity index (χ2n) is 4.64. The van der Waals surface area contributed by atoms with Crippen molar-refractivity contribution in [3.63, 3.8) is 0 Å². The molecule has 1 aromatic carbocycles. The van der Waals surface area contributed by atoms with Crippen molar-refractivity contribution in [1.82, 2.24) is 4.98 Å². The lowest BCUT2D eigenvalue weighted by Crippen LogP contribution is -2.12. The molecule has 0 unspecified atom stereocenters. The SMILES string of the molecule is COc1ccc(OCc2ncc(C(C)(C)O)s2)cc1. The number of thiazole rings is 1. The predicted molar refractivity (Wildman–Crippen MR) is 74.7 cm³/mol. The molecule has 1 N–H and O–H groups in total. The van der Waals surface area contributed by atoms with Gasteiger partial charge in [0, 0.05) is 6.20 Å². The first-order valence-electron chi connectivity index (χ1n) is 5.93. The fourth-order valence-electron chi connectivity index (χ4n) is 1.48. The molecule has 0 atom stereocenters. The minimum Gasteiger partial charge on any atom is -0.497 e. The van der Waals surface area contributed by atoms with Crippen molar-refractivity contribution in [3.05, 3.63) is 40.3 Å². The van der Waals surface area contributed by atoms with Crippen molar-refractivity contribution >= 4 is 11.3 Å². The number of methoxy groups -OCH3 is 1. The van der Waals surface area contributed by atoms with Crippen LogP contribution in [0.5, 0.6) is 11.5 Å². The van der Waals surface area contributed by atoms with Gasteiger partial charge in [-0.15, -0.1) is 11.3 Å². The van der Waals surface area contributed by atoms with Gasteiger partial charge >= 0.3 is 0 Å². The van der Waals surface area contributed by atoms with Crippen LogP contribution in [0.1, 0.15) is 23.7 Å². The van der Waals surface area contributed by atoms with E-state index in [4.69, 9.17) is 9.47 Å². The highest BCUT2D eigenvalue weighted by Crippen LogP contribution is 2.26. The summed E-state index contributed by atoms with van der Waals surface area (Å²) in [6.45, 7) is 3.89. The molecule has 19 heavy (non-hydrogen) atoms. The number of hydrogen-bond acceptors (Lipinski definition) is 5. The van der Waals surface area contributed by atoms with Gasteiger partial charge in [0.1, 0.15) is 23.1 Å². The summed E-state index contributed by atoms with van der Waals surface area (Å²) in [4.78, 5) is 5.07. The van der Waals surface area contributed by atoms with Crippen molar-refractivity contribution in [3.8, 4) is 11.5 Å². The van der Waals surface area contributed by atoms with Gasteiger partial charge in [-0.05, 0) is 38.1 Å². The van der Waals surface area contributed by atoms with Crippen LogP contribution in [0.15, 0.2) is 30.5 Å². The van der Waals surface area contributed by atoms with Crippen LogP contribution in [-0.4, -0.2) is 17.2 Å². The van der Waals surface area contributed by atoms with E-state index in [-0.39, 0.29) is 0 Å². The summed E-state index contributed by atoms with van der Waals surface area (Å²) in [5.74, 6) is 1.56. The zero-order chi connectivity index (χ0) is 13.9. The van der Waals surface area contributed by atoms with E-state index in [1.807, 2.05) is 24.3 Å². The fourth-order valence-corrected chi connectivity index (χ4v) is 2.31. The molecule has 4 nitrogen and oxygen atoms in total. The molecular formula is C14H17NO3S. The average Bonchev–Trinajstić information content (AvgIpc) is 2.86. The molecule has 0 saturated heterocycles. The number of benzene rings is 1. The fraction of sp³-hybridized carbons (Fsp3) is 0.357. The van der Waals surface area contributed by atoms with Crippen molar-refractivity contribution < 1.29 is 14.6 Å². The third-order valence-corrected chi connectivity index (χ3v) is 3.86. The van der Waals surface area contributed by atoms with Gasteiger partial charge in [-0.1, -0.05) is 0 Å². The summed E-state index contributed by atoms with van der Waals surface area (Å²) in [5.41, 5.74) is -0.851. The molecule has 1 aromatic heterocycles. The molecule has 0 fully saturated rings. The smallest absolute Gasteiger partial charge is 0.140 e. The van der Waals surface area contributed by atoms with Gasteiger partial charge < -0.3 is 14.6 Å². The predicted octanol–water partition coefficient (Wildman–Crippen LogP) is 2.96. The van der Waals surface area contributed by atoms with E-state index in [0.29, 0.717) is 6.61 Å². The highest BCUT2D eigenvalue weighted by Gasteiger charge is 2.19. The Morgan fingerprint density at radius 3 is 2.37 bits per heavy atom. The van der Waals surface area contributed by atoms with E-state index in [9.17, 15) is 5.11 Å². The molecule has 0 saturated carbocycles. The van der Waals surface area contributed by atoms with Crippen LogP contribution in [0.3, 0.4) is 0 Å². The first-order chi connectivity index (χ1) is 8.99. The maximum absolute atomic E-state index is 9.86. The molecule has 5 heteroatoms. The number of aliphatic hydroxyl groups is 1. The van der Waals surface area contributed by atoms with Gasteiger partial charge in [0.05, 0.1) is 17.6 Å². The Morgan fingerprint density at radius 1 is 1.21 bits per heavy atom. The molecule has 2 rings (SSSR count). The first kappa shape index (κ1) is 13.8. The van der Waals surface area contributed by atoms with Gasteiger partial charge in [0.2, 0.25) is 0 Å². The number of rotatable bonds is 5. The highest BCUT2D eigenvalue weighted by atomic mass is 32.1. The maximum Gasteiger partial charge on any atom is 0.140 e. The van der Waals surface area contributed by atoms with E-state index in [1.54, 1.807) is 27.2 Å². The van der Waals surface area contributed by atoms with Gasteiger partial charge in [0.15, 0.2) is 0 Å². The van der Waals surface area contributed by atoms with Crippen molar-refractivity contribution in [2.45, 2.75) is 26.1 Å². The second-order valence-corrected chi connectivity index (χ2v) is 5.76. The van der Waals surface area contributed by atoms with Crippen molar-refractivity contribution in [2.24, 2.45) is 0 Å². The first-order valence-corrected chi connectivity index (χ1v) is 6.75. The summed E-state index contributed by atoms with van der Waals surface area (Å²) < 4.78 is 10.7. The lowest BCUT2D eigenvalue weighted by molar-refractivity contribution is 0.0823. The zero-order valence-corrected chi connectivity index (χ0v) is 12.0.